The number of rotatable bonds is 3. The normalized spacial score (nSPS) is 17.1. The molecule has 1 aromatic heterocycles. The number of nitrogens with zero attached hydrogens (tertiary/aromatic N) is 2. The first kappa shape index (κ1) is 17.0. The average molecular weight is 353 g/mol. The molecule has 2 aromatic rings. The Bertz CT molecular complexity index is 725. The van der Waals surface area contributed by atoms with E-state index in [2.05, 4.69) is 22.9 Å². The number of fused-ring (bicyclic) bond motifs is 1. The average Bonchev–Trinajstić information content (AvgIpc) is 2.52. The van der Waals surface area contributed by atoms with Crippen LogP contribution in [0.1, 0.15) is 36.5 Å². The lowest BCUT2D eigenvalue weighted by molar-refractivity contribution is 0.184. The SMILES string of the molecule is Cc1cc2c(CN3CCC(C)CC3)c(CO)c(Cl)nc2cc1Cl. The highest BCUT2D eigenvalue weighted by Crippen LogP contribution is 2.32. The van der Waals surface area contributed by atoms with Crippen LogP contribution in [-0.4, -0.2) is 28.1 Å². The zero-order valence-electron chi connectivity index (χ0n) is 13.6. The Morgan fingerprint density at radius 2 is 1.91 bits per heavy atom. The van der Waals surface area contributed by atoms with Crippen LogP contribution in [0, 0.1) is 12.8 Å². The van der Waals surface area contributed by atoms with Gasteiger partial charge in [-0.05, 0) is 62.0 Å². The van der Waals surface area contributed by atoms with Crippen molar-refractivity contribution in [1.29, 1.82) is 0 Å². The van der Waals surface area contributed by atoms with E-state index in [1.807, 2.05) is 13.0 Å². The molecule has 0 radical (unpaired) electrons. The van der Waals surface area contributed by atoms with Crippen molar-refractivity contribution in [3.8, 4) is 0 Å². The highest BCUT2D eigenvalue weighted by atomic mass is 35.5. The molecule has 1 N–H and O–H groups in total. The predicted molar refractivity (Wildman–Crippen MR) is 96.1 cm³/mol. The van der Waals surface area contributed by atoms with Crippen molar-refractivity contribution in [3.63, 3.8) is 0 Å². The van der Waals surface area contributed by atoms with E-state index in [-0.39, 0.29) is 6.61 Å². The van der Waals surface area contributed by atoms with E-state index in [1.165, 1.54) is 12.8 Å². The fraction of sp³-hybridized carbons (Fsp3) is 0.500. The molecular weight excluding hydrogens is 331 g/mol. The minimum atomic E-state index is -0.0942. The Hall–Kier alpha value is -0.870. The minimum Gasteiger partial charge on any atom is -0.392 e. The van der Waals surface area contributed by atoms with Gasteiger partial charge in [0.2, 0.25) is 0 Å². The minimum absolute atomic E-state index is 0.0942. The summed E-state index contributed by atoms with van der Waals surface area (Å²) in [7, 11) is 0. The van der Waals surface area contributed by atoms with Gasteiger partial charge in [-0.15, -0.1) is 0 Å². The maximum atomic E-state index is 9.79. The third-order valence-corrected chi connectivity index (χ3v) is 5.57. The van der Waals surface area contributed by atoms with Gasteiger partial charge in [-0.1, -0.05) is 30.1 Å². The molecule has 0 unspecified atom stereocenters. The maximum Gasteiger partial charge on any atom is 0.135 e. The molecule has 5 heteroatoms. The smallest absolute Gasteiger partial charge is 0.135 e. The molecule has 0 aliphatic carbocycles. The van der Waals surface area contributed by atoms with Crippen LogP contribution in [0.15, 0.2) is 12.1 Å². The lowest BCUT2D eigenvalue weighted by atomic mass is 9.97. The third kappa shape index (κ3) is 3.48. The number of hydrogen-bond acceptors (Lipinski definition) is 3. The highest BCUT2D eigenvalue weighted by Gasteiger charge is 2.20. The Morgan fingerprint density at radius 1 is 1.22 bits per heavy atom. The van der Waals surface area contributed by atoms with Crippen LogP contribution in [0.2, 0.25) is 10.2 Å². The molecule has 0 spiro atoms. The second kappa shape index (κ2) is 6.94. The van der Waals surface area contributed by atoms with Crippen molar-refractivity contribution in [2.45, 2.75) is 39.8 Å². The lowest BCUT2D eigenvalue weighted by Gasteiger charge is -2.31. The number of aromatic nitrogens is 1. The van der Waals surface area contributed by atoms with Gasteiger partial charge in [-0.2, -0.15) is 0 Å². The molecule has 0 bridgehead atoms. The maximum absolute atomic E-state index is 9.79. The molecular formula is C18H22Cl2N2O. The summed E-state index contributed by atoms with van der Waals surface area (Å²) in [5.74, 6) is 0.794. The van der Waals surface area contributed by atoms with E-state index in [9.17, 15) is 5.11 Å². The number of halogens is 2. The van der Waals surface area contributed by atoms with E-state index in [0.29, 0.717) is 10.2 Å². The molecule has 0 saturated carbocycles. The van der Waals surface area contributed by atoms with E-state index in [4.69, 9.17) is 23.2 Å². The quantitative estimate of drug-likeness (QED) is 0.821. The number of hydrogen-bond donors (Lipinski definition) is 1. The summed E-state index contributed by atoms with van der Waals surface area (Å²) in [5.41, 5.74) is 3.63. The van der Waals surface area contributed by atoms with Gasteiger partial charge in [0.05, 0.1) is 12.1 Å². The zero-order valence-corrected chi connectivity index (χ0v) is 15.1. The van der Waals surface area contributed by atoms with Crippen LogP contribution in [0.25, 0.3) is 10.9 Å². The lowest BCUT2D eigenvalue weighted by Crippen LogP contribution is -2.32. The Balaban J connectivity index is 2.06. The first-order chi connectivity index (χ1) is 11.0. The van der Waals surface area contributed by atoms with Crippen LogP contribution in [0.3, 0.4) is 0 Å². The van der Waals surface area contributed by atoms with Crippen molar-refractivity contribution >= 4 is 34.1 Å². The number of aliphatic hydroxyl groups is 1. The molecule has 23 heavy (non-hydrogen) atoms. The van der Waals surface area contributed by atoms with Crippen molar-refractivity contribution in [2.75, 3.05) is 13.1 Å². The van der Waals surface area contributed by atoms with Crippen LogP contribution in [-0.2, 0) is 13.2 Å². The summed E-state index contributed by atoms with van der Waals surface area (Å²) in [4.78, 5) is 6.86. The molecule has 1 aromatic carbocycles. The second-order valence-electron chi connectivity index (χ2n) is 6.60. The van der Waals surface area contributed by atoms with Gasteiger partial charge >= 0.3 is 0 Å². The molecule has 124 valence electrons. The van der Waals surface area contributed by atoms with Crippen molar-refractivity contribution in [3.05, 3.63) is 39.0 Å². The van der Waals surface area contributed by atoms with Gasteiger partial charge in [0.25, 0.3) is 0 Å². The number of aliphatic hydroxyl groups excluding tert-OH is 1. The number of likely N-dealkylation sites (tertiary alicyclic amines) is 1. The number of pyridine rings is 1. The fourth-order valence-corrected chi connectivity index (χ4v) is 3.67. The third-order valence-electron chi connectivity index (χ3n) is 4.85. The van der Waals surface area contributed by atoms with Crippen molar-refractivity contribution in [2.24, 2.45) is 5.92 Å². The molecule has 3 rings (SSSR count). The summed E-state index contributed by atoms with van der Waals surface area (Å²) in [5, 5.41) is 11.9. The van der Waals surface area contributed by atoms with Crippen LogP contribution in [0.4, 0.5) is 0 Å². The topological polar surface area (TPSA) is 36.4 Å². The van der Waals surface area contributed by atoms with Crippen LogP contribution >= 0.6 is 23.2 Å². The summed E-state index contributed by atoms with van der Waals surface area (Å²) < 4.78 is 0. The molecule has 1 saturated heterocycles. The first-order valence-electron chi connectivity index (χ1n) is 8.10. The number of piperidine rings is 1. The Morgan fingerprint density at radius 3 is 2.57 bits per heavy atom. The highest BCUT2D eigenvalue weighted by molar-refractivity contribution is 6.32. The summed E-state index contributed by atoms with van der Waals surface area (Å²) in [6.45, 7) is 7.16. The zero-order chi connectivity index (χ0) is 16.6. The van der Waals surface area contributed by atoms with Gasteiger partial charge in [-0.25, -0.2) is 4.98 Å². The Kier molecular flexibility index (Phi) is 5.12. The fourth-order valence-electron chi connectivity index (χ4n) is 3.25. The first-order valence-corrected chi connectivity index (χ1v) is 8.85. The molecule has 1 fully saturated rings. The summed E-state index contributed by atoms with van der Waals surface area (Å²) in [6.07, 6.45) is 2.44. The van der Waals surface area contributed by atoms with Gasteiger partial charge < -0.3 is 5.11 Å². The molecule has 0 atom stereocenters. The Labute approximate surface area is 147 Å². The standard InChI is InChI=1S/C18H22Cl2N2O/c1-11-3-5-22(6-4-11)9-14-13-7-12(2)16(19)8-17(13)21-18(20)15(14)10-23/h7-8,11,23H,3-6,9-10H2,1-2H3. The van der Waals surface area contributed by atoms with E-state index in [1.54, 1.807) is 0 Å². The van der Waals surface area contributed by atoms with Gasteiger partial charge in [-0.3, -0.25) is 4.90 Å². The second-order valence-corrected chi connectivity index (χ2v) is 7.36. The van der Waals surface area contributed by atoms with Crippen molar-refractivity contribution in [1.82, 2.24) is 9.88 Å². The van der Waals surface area contributed by atoms with E-state index >= 15 is 0 Å². The van der Waals surface area contributed by atoms with E-state index in [0.717, 1.165) is 53.1 Å². The number of aryl methyl sites for hydroxylation is 1. The predicted octanol–water partition coefficient (Wildman–Crippen LogP) is 4.57. The van der Waals surface area contributed by atoms with Crippen molar-refractivity contribution < 1.29 is 5.11 Å². The van der Waals surface area contributed by atoms with E-state index < -0.39 is 0 Å². The molecule has 1 aliphatic rings. The summed E-state index contributed by atoms with van der Waals surface area (Å²) >= 11 is 12.5. The van der Waals surface area contributed by atoms with Gasteiger partial charge in [0.15, 0.2) is 0 Å². The molecule has 2 heterocycles. The molecule has 3 nitrogen and oxygen atoms in total. The number of benzene rings is 1. The summed E-state index contributed by atoms with van der Waals surface area (Å²) in [6, 6.07) is 3.92. The molecule has 0 amide bonds. The largest absolute Gasteiger partial charge is 0.392 e. The molecule has 1 aliphatic heterocycles. The van der Waals surface area contributed by atoms with Gasteiger partial charge in [0.1, 0.15) is 5.15 Å². The monoisotopic (exact) mass is 352 g/mol. The van der Waals surface area contributed by atoms with Gasteiger partial charge in [0, 0.05) is 22.5 Å². The van der Waals surface area contributed by atoms with Crippen LogP contribution < -0.4 is 0 Å². The van der Waals surface area contributed by atoms with Crippen LogP contribution in [0.5, 0.6) is 0 Å².